The van der Waals surface area contributed by atoms with Crippen LogP contribution >= 0.6 is 11.3 Å². The number of aryl methyl sites for hydroxylation is 1. The molecule has 0 radical (unpaired) electrons. The SMILES string of the molecule is C/C(=N/OCC(=O)Nc1cc(C)nc2ccccc12)c1cccs1. The number of carbonyl (C=O) groups excluding carboxylic acids is 1. The van der Waals surface area contributed by atoms with Gasteiger partial charge in [-0.3, -0.25) is 9.78 Å². The van der Waals surface area contributed by atoms with Crippen molar-refractivity contribution in [3.8, 4) is 0 Å². The highest BCUT2D eigenvalue weighted by Crippen LogP contribution is 2.22. The number of anilines is 1. The van der Waals surface area contributed by atoms with Crippen molar-refractivity contribution in [3.05, 3.63) is 58.4 Å². The first kappa shape index (κ1) is 16.1. The Balaban J connectivity index is 1.66. The zero-order chi connectivity index (χ0) is 16.9. The Labute approximate surface area is 144 Å². The van der Waals surface area contributed by atoms with E-state index in [4.69, 9.17) is 4.84 Å². The van der Waals surface area contributed by atoms with Crippen molar-refractivity contribution in [2.45, 2.75) is 13.8 Å². The highest BCUT2D eigenvalue weighted by atomic mass is 32.1. The lowest BCUT2D eigenvalue weighted by atomic mass is 10.1. The van der Waals surface area contributed by atoms with E-state index < -0.39 is 0 Å². The van der Waals surface area contributed by atoms with Crippen LogP contribution in [-0.2, 0) is 9.63 Å². The van der Waals surface area contributed by atoms with Gasteiger partial charge < -0.3 is 10.2 Å². The summed E-state index contributed by atoms with van der Waals surface area (Å²) in [7, 11) is 0. The van der Waals surface area contributed by atoms with Gasteiger partial charge in [0.05, 0.1) is 21.8 Å². The van der Waals surface area contributed by atoms with Gasteiger partial charge in [0.15, 0.2) is 6.61 Å². The average molecular weight is 339 g/mol. The number of hydrogen-bond acceptors (Lipinski definition) is 5. The van der Waals surface area contributed by atoms with Crippen LogP contribution in [-0.4, -0.2) is 23.2 Å². The van der Waals surface area contributed by atoms with Gasteiger partial charge in [-0.05, 0) is 37.4 Å². The summed E-state index contributed by atoms with van der Waals surface area (Å²) in [5.41, 5.74) is 3.17. The van der Waals surface area contributed by atoms with Gasteiger partial charge >= 0.3 is 0 Å². The molecule has 0 aliphatic rings. The predicted molar refractivity (Wildman–Crippen MR) is 97.6 cm³/mol. The number of oxime groups is 1. The highest BCUT2D eigenvalue weighted by Gasteiger charge is 2.08. The molecule has 3 rings (SSSR count). The predicted octanol–water partition coefficient (Wildman–Crippen LogP) is 3.98. The normalized spacial score (nSPS) is 11.5. The number of nitrogens with zero attached hydrogens (tertiary/aromatic N) is 2. The zero-order valence-corrected chi connectivity index (χ0v) is 14.3. The molecule has 0 atom stereocenters. The van der Waals surface area contributed by atoms with Gasteiger partial charge in [-0.1, -0.05) is 29.4 Å². The van der Waals surface area contributed by atoms with Crippen molar-refractivity contribution in [3.63, 3.8) is 0 Å². The maximum atomic E-state index is 12.1. The Kier molecular flexibility index (Phi) is 4.86. The number of pyridine rings is 1. The molecule has 0 bridgehead atoms. The molecule has 6 heteroatoms. The number of benzene rings is 1. The first-order valence-corrected chi connectivity index (χ1v) is 8.38. The number of thiophene rings is 1. The number of rotatable bonds is 5. The molecule has 0 spiro atoms. The summed E-state index contributed by atoms with van der Waals surface area (Å²) in [5.74, 6) is -0.256. The molecular formula is C18H17N3O2S. The summed E-state index contributed by atoms with van der Waals surface area (Å²) < 4.78 is 0. The molecule has 1 aromatic carbocycles. The van der Waals surface area contributed by atoms with E-state index in [9.17, 15) is 4.79 Å². The van der Waals surface area contributed by atoms with Crippen LogP contribution in [0.25, 0.3) is 10.9 Å². The Morgan fingerprint density at radius 2 is 2.12 bits per heavy atom. The second-order valence-electron chi connectivity index (χ2n) is 5.30. The fraction of sp³-hybridized carbons (Fsp3) is 0.167. The van der Waals surface area contributed by atoms with Crippen LogP contribution in [0.2, 0.25) is 0 Å². The summed E-state index contributed by atoms with van der Waals surface area (Å²) in [4.78, 5) is 22.7. The third-order valence-electron chi connectivity index (χ3n) is 3.39. The van der Waals surface area contributed by atoms with Gasteiger partial charge in [0.25, 0.3) is 5.91 Å². The third-order valence-corrected chi connectivity index (χ3v) is 4.37. The lowest BCUT2D eigenvalue weighted by Crippen LogP contribution is -2.17. The van der Waals surface area contributed by atoms with Crippen LogP contribution < -0.4 is 5.32 Å². The molecule has 0 aliphatic heterocycles. The van der Waals surface area contributed by atoms with E-state index in [0.717, 1.165) is 32.9 Å². The Hall–Kier alpha value is -2.73. The molecule has 0 unspecified atom stereocenters. The van der Waals surface area contributed by atoms with Crippen molar-refractivity contribution in [1.82, 2.24) is 4.98 Å². The molecule has 1 amide bonds. The summed E-state index contributed by atoms with van der Waals surface area (Å²) in [6, 6.07) is 13.4. The van der Waals surface area contributed by atoms with E-state index in [1.807, 2.05) is 61.7 Å². The molecule has 3 aromatic rings. The average Bonchev–Trinajstić information content (AvgIpc) is 3.09. The lowest BCUT2D eigenvalue weighted by molar-refractivity contribution is -0.120. The van der Waals surface area contributed by atoms with Crippen molar-refractivity contribution >= 4 is 39.5 Å². The number of fused-ring (bicyclic) bond motifs is 1. The molecule has 24 heavy (non-hydrogen) atoms. The Morgan fingerprint density at radius 3 is 2.92 bits per heavy atom. The number of nitrogens with one attached hydrogen (secondary N) is 1. The van der Waals surface area contributed by atoms with Gasteiger partial charge in [-0.2, -0.15) is 0 Å². The van der Waals surface area contributed by atoms with E-state index in [1.54, 1.807) is 11.3 Å². The smallest absolute Gasteiger partial charge is 0.265 e. The molecule has 2 heterocycles. The second-order valence-corrected chi connectivity index (χ2v) is 6.25. The first-order valence-electron chi connectivity index (χ1n) is 7.50. The maximum absolute atomic E-state index is 12.1. The first-order chi connectivity index (χ1) is 11.6. The van der Waals surface area contributed by atoms with E-state index in [1.165, 1.54) is 0 Å². The minimum Gasteiger partial charge on any atom is -0.385 e. The van der Waals surface area contributed by atoms with Gasteiger partial charge in [-0.25, -0.2) is 0 Å². The van der Waals surface area contributed by atoms with E-state index >= 15 is 0 Å². The summed E-state index contributed by atoms with van der Waals surface area (Å²) in [6.07, 6.45) is 0. The Morgan fingerprint density at radius 1 is 1.29 bits per heavy atom. The minimum atomic E-state index is -0.256. The lowest BCUT2D eigenvalue weighted by Gasteiger charge is -2.09. The van der Waals surface area contributed by atoms with Crippen molar-refractivity contribution in [2.75, 3.05) is 11.9 Å². The van der Waals surface area contributed by atoms with E-state index in [2.05, 4.69) is 15.5 Å². The largest absolute Gasteiger partial charge is 0.385 e. The van der Waals surface area contributed by atoms with Gasteiger partial charge in [0, 0.05) is 11.1 Å². The molecule has 0 saturated carbocycles. The van der Waals surface area contributed by atoms with Crippen molar-refractivity contribution < 1.29 is 9.63 Å². The quantitative estimate of drug-likeness (QED) is 0.565. The molecule has 0 saturated heterocycles. The second kappa shape index (κ2) is 7.23. The number of para-hydroxylation sites is 1. The van der Waals surface area contributed by atoms with Crippen LogP contribution in [0.5, 0.6) is 0 Å². The molecule has 0 fully saturated rings. The van der Waals surface area contributed by atoms with Crippen LogP contribution in [0, 0.1) is 6.92 Å². The number of hydrogen-bond donors (Lipinski definition) is 1. The van der Waals surface area contributed by atoms with Crippen molar-refractivity contribution in [1.29, 1.82) is 0 Å². The number of amides is 1. The molecule has 122 valence electrons. The molecular weight excluding hydrogens is 322 g/mol. The van der Waals surface area contributed by atoms with Gasteiger partial charge in [-0.15, -0.1) is 11.3 Å². The third kappa shape index (κ3) is 3.78. The van der Waals surface area contributed by atoms with Crippen LogP contribution in [0.3, 0.4) is 0 Å². The number of aromatic nitrogens is 1. The Bertz CT molecular complexity index is 888. The molecule has 0 aliphatic carbocycles. The molecule has 2 aromatic heterocycles. The maximum Gasteiger partial charge on any atom is 0.265 e. The summed E-state index contributed by atoms with van der Waals surface area (Å²) in [5, 5.41) is 9.71. The highest BCUT2D eigenvalue weighted by molar-refractivity contribution is 7.12. The standard InChI is InChI=1S/C18H17N3O2S/c1-12-10-16(14-6-3-4-7-15(14)19-12)20-18(22)11-23-21-13(2)17-8-5-9-24-17/h3-10H,11H2,1-2H3,(H,19,20,22)/b21-13-. The number of carbonyl (C=O) groups is 1. The fourth-order valence-corrected chi connectivity index (χ4v) is 2.98. The van der Waals surface area contributed by atoms with E-state index in [-0.39, 0.29) is 12.5 Å². The monoisotopic (exact) mass is 339 g/mol. The summed E-state index contributed by atoms with van der Waals surface area (Å²) >= 11 is 1.58. The van der Waals surface area contributed by atoms with Gasteiger partial charge in [0.2, 0.25) is 0 Å². The van der Waals surface area contributed by atoms with Crippen LogP contribution in [0.15, 0.2) is 53.0 Å². The summed E-state index contributed by atoms with van der Waals surface area (Å²) in [6.45, 7) is 3.61. The van der Waals surface area contributed by atoms with Crippen LogP contribution in [0.4, 0.5) is 5.69 Å². The zero-order valence-electron chi connectivity index (χ0n) is 13.4. The van der Waals surface area contributed by atoms with Crippen molar-refractivity contribution in [2.24, 2.45) is 5.16 Å². The minimum absolute atomic E-state index is 0.140. The molecule has 1 N–H and O–H groups in total. The van der Waals surface area contributed by atoms with Crippen LogP contribution in [0.1, 0.15) is 17.5 Å². The molecule has 5 nitrogen and oxygen atoms in total. The van der Waals surface area contributed by atoms with E-state index in [0.29, 0.717) is 0 Å². The fourth-order valence-electron chi connectivity index (χ4n) is 2.31. The van der Waals surface area contributed by atoms with Gasteiger partial charge in [0.1, 0.15) is 0 Å². The topological polar surface area (TPSA) is 63.6 Å².